The Labute approximate surface area is 136 Å². The van der Waals surface area contributed by atoms with Crippen molar-refractivity contribution < 1.29 is 31.4 Å². The third kappa shape index (κ3) is 2.99. The van der Waals surface area contributed by atoms with Gasteiger partial charge in [-0.25, -0.2) is 21.6 Å². The first-order chi connectivity index (χ1) is 11.3. The van der Waals surface area contributed by atoms with Gasteiger partial charge in [-0.2, -0.15) is 0 Å². The molecule has 0 fully saturated rings. The minimum atomic E-state index is -4.16. The van der Waals surface area contributed by atoms with Crippen molar-refractivity contribution in [3.63, 3.8) is 0 Å². The van der Waals surface area contributed by atoms with E-state index < -0.39 is 33.6 Å². The quantitative estimate of drug-likeness (QED) is 0.909. The Morgan fingerprint density at radius 3 is 2.46 bits per heavy atom. The highest BCUT2D eigenvalue weighted by molar-refractivity contribution is 7.91. The van der Waals surface area contributed by atoms with E-state index in [-0.39, 0.29) is 28.4 Å². The molecule has 1 atom stereocenters. The van der Waals surface area contributed by atoms with Crippen molar-refractivity contribution in [1.82, 2.24) is 0 Å². The molecule has 0 spiro atoms. The summed E-state index contributed by atoms with van der Waals surface area (Å²) < 4.78 is 68.4. The van der Waals surface area contributed by atoms with Gasteiger partial charge < -0.3 is 9.84 Å². The predicted octanol–water partition coefficient (Wildman–Crippen LogP) is 3.44. The van der Waals surface area contributed by atoms with Crippen LogP contribution in [0.4, 0.5) is 13.2 Å². The molecule has 0 amide bonds. The molecule has 0 saturated heterocycles. The summed E-state index contributed by atoms with van der Waals surface area (Å²) >= 11 is 0. The summed E-state index contributed by atoms with van der Waals surface area (Å²) in [5, 5.41) is 10.0. The van der Waals surface area contributed by atoms with Gasteiger partial charge in [0.25, 0.3) is 0 Å². The maximum absolute atomic E-state index is 13.3. The van der Waals surface area contributed by atoms with E-state index in [2.05, 4.69) is 0 Å². The molecule has 1 aliphatic rings. The molecule has 0 bridgehead atoms. The third-order valence-electron chi connectivity index (χ3n) is 3.82. The first kappa shape index (κ1) is 16.8. The van der Waals surface area contributed by atoms with Gasteiger partial charge in [-0.1, -0.05) is 0 Å². The van der Waals surface area contributed by atoms with Crippen LogP contribution in [0.15, 0.2) is 35.2 Å². The average Bonchev–Trinajstić information content (AvgIpc) is 2.89. The largest absolute Gasteiger partial charge is 0.457 e. The molecule has 3 rings (SSSR count). The second-order valence-electron chi connectivity index (χ2n) is 5.44. The van der Waals surface area contributed by atoms with E-state index in [0.29, 0.717) is 18.1 Å². The van der Waals surface area contributed by atoms with Gasteiger partial charge in [0.2, 0.25) is 9.84 Å². The zero-order valence-electron chi connectivity index (χ0n) is 12.3. The van der Waals surface area contributed by atoms with Crippen LogP contribution >= 0.6 is 0 Å². The highest BCUT2D eigenvalue weighted by Crippen LogP contribution is 2.42. The zero-order valence-corrected chi connectivity index (χ0v) is 13.1. The molecule has 0 aliphatic heterocycles. The van der Waals surface area contributed by atoms with Crippen molar-refractivity contribution in [3.05, 3.63) is 53.1 Å². The minimum absolute atomic E-state index is 0.0852. The third-order valence-corrected chi connectivity index (χ3v) is 5.13. The summed E-state index contributed by atoms with van der Waals surface area (Å²) in [6, 6.07) is 3.50. The van der Waals surface area contributed by atoms with Gasteiger partial charge in [0, 0.05) is 29.3 Å². The maximum Gasteiger partial charge on any atom is 0.207 e. The summed E-state index contributed by atoms with van der Waals surface area (Å²) in [4.78, 5) is -0.289. The lowest BCUT2D eigenvalue weighted by atomic mass is 10.1. The molecule has 0 aromatic heterocycles. The van der Waals surface area contributed by atoms with Crippen molar-refractivity contribution >= 4 is 9.84 Å². The lowest BCUT2D eigenvalue weighted by Crippen LogP contribution is -2.09. The van der Waals surface area contributed by atoms with E-state index in [1.54, 1.807) is 0 Å². The standard InChI is InChI=1S/C16H13F3O4S/c17-8-24(21,22)15-4-3-14(12-1-2-13(20)16(12)15)23-11-6-9(18)5-10(19)7-11/h3-7,13,20H,1-2,8H2. The van der Waals surface area contributed by atoms with E-state index in [0.717, 1.165) is 18.2 Å². The summed E-state index contributed by atoms with van der Waals surface area (Å²) in [5.74, 6) is -1.57. The van der Waals surface area contributed by atoms with Gasteiger partial charge in [-0.05, 0) is 25.0 Å². The fourth-order valence-corrected chi connectivity index (χ4v) is 3.80. The molecule has 128 valence electrons. The maximum atomic E-state index is 13.3. The Kier molecular flexibility index (Phi) is 4.27. The van der Waals surface area contributed by atoms with Gasteiger partial charge in [0.15, 0.2) is 6.01 Å². The van der Waals surface area contributed by atoms with E-state index in [1.165, 1.54) is 6.07 Å². The lowest BCUT2D eigenvalue weighted by molar-refractivity contribution is 0.177. The molecule has 2 aromatic carbocycles. The van der Waals surface area contributed by atoms with Gasteiger partial charge in [-0.15, -0.1) is 0 Å². The molecular formula is C16H13F3O4S. The number of halogens is 3. The van der Waals surface area contributed by atoms with Crippen LogP contribution in [0.25, 0.3) is 0 Å². The molecule has 0 saturated carbocycles. The molecular weight excluding hydrogens is 345 g/mol. The van der Waals surface area contributed by atoms with Crippen molar-refractivity contribution in [1.29, 1.82) is 0 Å². The number of sulfone groups is 1. The number of aliphatic hydroxyl groups is 1. The fraction of sp³-hybridized carbons (Fsp3) is 0.250. The molecule has 2 aromatic rings. The zero-order chi connectivity index (χ0) is 17.5. The normalized spacial score (nSPS) is 16.9. The first-order valence-corrected chi connectivity index (χ1v) is 8.73. The summed E-state index contributed by atoms with van der Waals surface area (Å²) in [7, 11) is -4.16. The van der Waals surface area contributed by atoms with Crippen molar-refractivity contribution in [2.45, 2.75) is 23.8 Å². The highest BCUT2D eigenvalue weighted by atomic mass is 32.2. The highest BCUT2D eigenvalue weighted by Gasteiger charge is 2.32. The minimum Gasteiger partial charge on any atom is -0.457 e. The number of benzene rings is 2. The van der Waals surface area contributed by atoms with Crippen LogP contribution < -0.4 is 4.74 Å². The SMILES string of the molecule is O=S(=O)(CF)c1ccc(Oc2cc(F)cc(F)c2)c2c1C(O)CC2. The number of alkyl halides is 1. The molecule has 0 heterocycles. The summed E-state index contributed by atoms with van der Waals surface area (Å²) in [6.07, 6.45) is -0.509. The van der Waals surface area contributed by atoms with Crippen LogP contribution in [0.3, 0.4) is 0 Å². The topological polar surface area (TPSA) is 63.6 Å². The predicted molar refractivity (Wildman–Crippen MR) is 79.3 cm³/mol. The Hall–Kier alpha value is -2.06. The lowest BCUT2D eigenvalue weighted by Gasteiger charge is -2.15. The van der Waals surface area contributed by atoms with Crippen LogP contribution in [0.2, 0.25) is 0 Å². The number of aliphatic hydroxyl groups excluding tert-OH is 1. The Bertz CT molecular complexity index is 876. The van der Waals surface area contributed by atoms with Crippen LogP contribution in [-0.2, 0) is 16.3 Å². The second kappa shape index (κ2) is 6.10. The number of hydrogen-bond donors (Lipinski definition) is 1. The van der Waals surface area contributed by atoms with Crippen molar-refractivity contribution in [2.24, 2.45) is 0 Å². The molecule has 4 nitrogen and oxygen atoms in total. The van der Waals surface area contributed by atoms with E-state index >= 15 is 0 Å². The van der Waals surface area contributed by atoms with Crippen LogP contribution in [0.1, 0.15) is 23.7 Å². The molecule has 1 aliphatic carbocycles. The van der Waals surface area contributed by atoms with Gasteiger partial charge in [0.05, 0.1) is 11.0 Å². The molecule has 1 N–H and O–H groups in total. The fourth-order valence-electron chi connectivity index (χ4n) is 2.81. The Morgan fingerprint density at radius 1 is 1.17 bits per heavy atom. The number of ether oxygens (including phenoxy) is 1. The Balaban J connectivity index is 2.08. The summed E-state index contributed by atoms with van der Waals surface area (Å²) in [6.45, 7) is 0. The molecule has 1 unspecified atom stereocenters. The van der Waals surface area contributed by atoms with Crippen LogP contribution in [0, 0.1) is 11.6 Å². The van der Waals surface area contributed by atoms with Gasteiger partial charge >= 0.3 is 0 Å². The molecule has 24 heavy (non-hydrogen) atoms. The monoisotopic (exact) mass is 358 g/mol. The van der Waals surface area contributed by atoms with E-state index in [4.69, 9.17) is 4.74 Å². The first-order valence-electron chi connectivity index (χ1n) is 7.08. The van der Waals surface area contributed by atoms with Crippen LogP contribution in [0.5, 0.6) is 11.5 Å². The Morgan fingerprint density at radius 2 is 1.83 bits per heavy atom. The van der Waals surface area contributed by atoms with Crippen molar-refractivity contribution in [3.8, 4) is 11.5 Å². The van der Waals surface area contributed by atoms with Crippen molar-refractivity contribution in [2.75, 3.05) is 6.01 Å². The molecule has 0 radical (unpaired) electrons. The number of fused-ring (bicyclic) bond motifs is 1. The summed E-state index contributed by atoms with van der Waals surface area (Å²) in [5.41, 5.74) is 0.476. The molecule has 8 heteroatoms. The number of rotatable bonds is 4. The number of hydrogen-bond acceptors (Lipinski definition) is 4. The smallest absolute Gasteiger partial charge is 0.207 e. The van der Waals surface area contributed by atoms with Gasteiger partial charge in [-0.3, -0.25) is 0 Å². The van der Waals surface area contributed by atoms with Crippen LogP contribution in [-0.4, -0.2) is 19.5 Å². The van der Waals surface area contributed by atoms with E-state index in [9.17, 15) is 26.7 Å². The average molecular weight is 358 g/mol. The second-order valence-corrected chi connectivity index (χ2v) is 7.33. The van der Waals surface area contributed by atoms with E-state index in [1.807, 2.05) is 0 Å². The van der Waals surface area contributed by atoms with Gasteiger partial charge in [0.1, 0.15) is 23.1 Å².